The molecule has 1 aliphatic rings. The quantitative estimate of drug-likeness (QED) is 0.586. The zero-order valence-electron chi connectivity index (χ0n) is 9.75. The molecule has 17 heavy (non-hydrogen) atoms. The van der Waals surface area contributed by atoms with Crippen LogP contribution in [0.25, 0.3) is 6.08 Å². The maximum atomic E-state index is 12.1. The Morgan fingerprint density at radius 3 is 2.82 bits per heavy atom. The van der Waals surface area contributed by atoms with Crippen molar-refractivity contribution in [1.29, 1.82) is 0 Å². The van der Waals surface area contributed by atoms with E-state index in [9.17, 15) is 4.79 Å². The first-order chi connectivity index (χ1) is 8.15. The van der Waals surface area contributed by atoms with Crippen LogP contribution in [0.15, 0.2) is 30.2 Å². The molecule has 1 aromatic rings. The minimum absolute atomic E-state index is 0.0520. The van der Waals surface area contributed by atoms with Crippen LogP contribution < -0.4 is 0 Å². The van der Waals surface area contributed by atoms with Crippen LogP contribution in [0.4, 0.5) is 0 Å². The average molecular weight is 247 g/mol. The van der Waals surface area contributed by atoms with Gasteiger partial charge in [0.25, 0.3) is 5.91 Å². The van der Waals surface area contributed by atoms with Crippen LogP contribution >= 0.6 is 12.2 Å². The largest absolute Gasteiger partial charge is 0.317 e. The topological polar surface area (TPSA) is 36.4 Å². The third kappa shape index (κ3) is 2.06. The lowest BCUT2D eigenvalue weighted by molar-refractivity contribution is -0.122. The minimum atomic E-state index is -0.0520. The fraction of sp³-hybridized carbons (Fsp3) is 0.250. The summed E-state index contributed by atoms with van der Waals surface area (Å²) < 4.78 is 0. The van der Waals surface area contributed by atoms with Crippen molar-refractivity contribution in [3.8, 4) is 0 Å². The number of aromatic nitrogens is 1. The van der Waals surface area contributed by atoms with Gasteiger partial charge in [-0.2, -0.15) is 0 Å². The second-order valence-corrected chi connectivity index (χ2v) is 4.07. The summed E-state index contributed by atoms with van der Waals surface area (Å²) >= 11 is 5.21. The molecule has 4 nitrogen and oxygen atoms in total. The number of thiocarbonyl (C=S) groups is 1. The molecule has 88 valence electrons. The van der Waals surface area contributed by atoms with Crippen LogP contribution in [0.1, 0.15) is 12.5 Å². The molecule has 0 saturated carbocycles. The third-order valence-corrected chi connectivity index (χ3v) is 3.14. The molecule has 0 aromatic carbocycles. The molecule has 5 heteroatoms. The Kier molecular flexibility index (Phi) is 3.19. The van der Waals surface area contributed by atoms with Gasteiger partial charge >= 0.3 is 0 Å². The Bertz CT molecular complexity index is 484. The van der Waals surface area contributed by atoms with Crippen molar-refractivity contribution in [2.45, 2.75) is 6.92 Å². The molecule has 0 aliphatic carbocycles. The number of hydrogen-bond acceptors (Lipinski definition) is 3. The van der Waals surface area contributed by atoms with Crippen LogP contribution in [0.5, 0.6) is 0 Å². The summed E-state index contributed by atoms with van der Waals surface area (Å²) in [5.74, 6) is -0.0520. The molecule has 1 fully saturated rings. The van der Waals surface area contributed by atoms with Crippen molar-refractivity contribution in [3.05, 3.63) is 35.8 Å². The minimum Gasteiger partial charge on any atom is -0.317 e. The van der Waals surface area contributed by atoms with E-state index in [-0.39, 0.29) is 5.91 Å². The van der Waals surface area contributed by atoms with E-state index in [1.54, 1.807) is 35.3 Å². The molecule has 2 rings (SSSR count). The average Bonchev–Trinajstić information content (AvgIpc) is 2.55. The standard InChI is InChI=1S/C12H13N3OS/c1-3-15-11(16)10(14(2)12(15)17)7-9-5-4-6-13-8-9/h4-8H,3H2,1-2H3/b10-7+. The molecule has 1 saturated heterocycles. The predicted molar refractivity (Wildman–Crippen MR) is 70.0 cm³/mol. The van der Waals surface area contributed by atoms with Crippen molar-refractivity contribution >= 4 is 29.3 Å². The number of amides is 1. The van der Waals surface area contributed by atoms with E-state index in [0.29, 0.717) is 17.4 Å². The first kappa shape index (κ1) is 11.7. The van der Waals surface area contributed by atoms with Crippen LogP contribution in [0.3, 0.4) is 0 Å². The summed E-state index contributed by atoms with van der Waals surface area (Å²) in [6, 6.07) is 3.74. The van der Waals surface area contributed by atoms with Gasteiger partial charge in [-0.1, -0.05) is 6.07 Å². The monoisotopic (exact) mass is 247 g/mol. The van der Waals surface area contributed by atoms with Gasteiger partial charge in [-0.25, -0.2) is 0 Å². The van der Waals surface area contributed by atoms with Crippen molar-refractivity contribution in [2.75, 3.05) is 13.6 Å². The van der Waals surface area contributed by atoms with E-state index in [1.807, 2.05) is 19.1 Å². The van der Waals surface area contributed by atoms with Crippen LogP contribution in [0, 0.1) is 0 Å². The Hall–Kier alpha value is -1.75. The molecular weight excluding hydrogens is 234 g/mol. The van der Waals surface area contributed by atoms with Gasteiger partial charge in [-0.15, -0.1) is 0 Å². The second-order valence-electron chi connectivity index (χ2n) is 3.71. The molecular formula is C12H13N3OS. The Labute approximate surface area is 106 Å². The van der Waals surface area contributed by atoms with E-state index < -0.39 is 0 Å². The van der Waals surface area contributed by atoms with Gasteiger partial charge in [-0.05, 0) is 36.8 Å². The summed E-state index contributed by atoms with van der Waals surface area (Å²) in [5, 5.41) is 0.549. The van der Waals surface area contributed by atoms with Crippen LogP contribution in [-0.2, 0) is 4.79 Å². The van der Waals surface area contributed by atoms with Crippen molar-refractivity contribution in [2.24, 2.45) is 0 Å². The van der Waals surface area contributed by atoms with Gasteiger partial charge in [-0.3, -0.25) is 14.7 Å². The summed E-state index contributed by atoms with van der Waals surface area (Å²) in [4.78, 5) is 19.4. The fourth-order valence-corrected chi connectivity index (χ4v) is 2.02. The number of pyridine rings is 1. The molecule has 1 aromatic heterocycles. The summed E-state index contributed by atoms with van der Waals surface area (Å²) in [7, 11) is 1.80. The molecule has 1 amide bonds. The predicted octanol–water partition coefficient (Wildman–Crippen LogP) is 1.50. The van der Waals surface area contributed by atoms with Crippen molar-refractivity contribution < 1.29 is 4.79 Å². The normalized spacial score (nSPS) is 18.4. The molecule has 0 N–H and O–H groups in total. The van der Waals surface area contributed by atoms with Gasteiger partial charge in [0.05, 0.1) is 0 Å². The summed E-state index contributed by atoms with van der Waals surface area (Å²) in [6.45, 7) is 2.50. The number of nitrogens with zero attached hydrogens (tertiary/aromatic N) is 3. The van der Waals surface area contributed by atoms with Gasteiger partial charge in [0.1, 0.15) is 5.70 Å². The highest BCUT2D eigenvalue weighted by molar-refractivity contribution is 7.80. The van der Waals surface area contributed by atoms with E-state index in [4.69, 9.17) is 12.2 Å². The molecule has 1 aliphatic heterocycles. The van der Waals surface area contributed by atoms with Crippen molar-refractivity contribution in [3.63, 3.8) is 0 Å². The van der Waals surface area contributed by atoms with Gasteiger partial charge < -0.3 is 4.90 Å². The lowest BCUT2D eigenvalue weighted by Gasteiger charge is -2.13. The van der Waals surface area contributed by atoms with Gasteiger partial charge in [0.15, 0.2) is 5.11 Å². The first-order valence-corrected chi connectivity index (χ1v) is 5.77. The summed E-state index contributed by atoms with van der Waals surface area (Å²) in [6.07, 6.45) is 5.22. The van der Waals surface area contributed by atoms with Gasteiger partial charge in [0, 0.05) is 26.0 Å². The number of rotatable bonds is 2. The number of carbonyl (C=O) groups is 1. The highest BCUT2D eigenvalue weighted by atomic mass is 32.1. The maximum Gasteiger partial charge on any atom is 0.276 e. The van der Waals surface area contributed by atoms with E-state index >= 15 is 0 Å². The number of likely N-dealkylation sites (N-methyl/N-ethyl adjacent to an activating group) is 2. The molecule has 0 atom stereocenters. The highest BCUT2D eigenvalue weighted by Crippen LogP contribution is 2.21. The van der Waals surface area contributed by atoms with Gasteiger partial charge in [0.2, 0.25) is 0 Å². The van der Waals surface area contributed by atoms with Crippen LogP contribution in [-0.4, -0.2) is 39.4 Å². The zero-order valence-corrected chi connectivity index (χ0v) is 10.6. The lowest BCUT2D eigenvalue weighted by atomic mass is 10.2. The molecule has 2 heterocycles. The third-order valence-electron chi connectivity index (χ3n) is 2.65. The molecule has 0 bridgehead atoms. The maximum absolute atomic E-state index is 12.1. The number of carbonyl (C=O) groups excluding carboxylic acids is 1. The highest BCUT2D eigenvalue weighted by Gasteiger charge is 2.34. The van der Waals surface area contributed by atoms with E-state index in [0.717, 1.165) is 5.56 Å². The molecule has 0 spiro atoms. The van der Waals surface area contributed by atoms with E-state index in [1.165, 1.54) is 0 Å². The number of hydrogen-bond donors (Lipinski definition) is 0. The zero-order chi connectivity index (χ0) is 12.4. The van der Waals surface area contributed by atoms with Crippen LogP contribution in [0.2, 0.25) is 0 Å². The molecule has 0 radical (unpaired) electrons. The lowest BCUT2D eigenvalue weighted by Crippen LogP contribution is -2.30. The smallest absolute Gasteiger partial charge is 0.276 e. The Morgan fingerprint density at radius 2 is 2.29 bits per heavy atom. The second kappa shape index (κ2) is 4.63. The van der Waals surface area contributed by atoms with E-state index in [2.05, 4.69) is 4.98 Å². The molecule has 0 unspecified atom stereocenters. The Balaban J connectivity index is 2.37. The summed E-state index contributed by atoms with van der Waals surface area (Å²) in [5.41, 5.74) is 1.48. The Morgan fingerprint density at radius 1 is 1.53 bits per heavy atom. The fourth-order valence-electron chi connectivity index (χ4n) is 1.71. The van der Waals surface area contributed by atoms with Crippen molar-refractivity contribution in [1.82, 2.24) is 14.8 Å². The SMILES string of the molecule is CCN1C(=O)/C(=C\c2cccnc2)N(C)C1=S. The first-order valence-electron chi connectivity index (χ1n) is 5.36.